The van der Waals surface area contributed by atoms with Gasteiger partial charge in [0.05, 0.1) is 6.04 Å². The Balaban J connectivity index is 2.94. The standard InChI is InChI=1S/C21H36N6O8/c22-10-2-1-4-13(19(32)27-15(21(34)35)6-8-16(23)28)25-20(33)14(7-9-17(29)30)26-18(31)12-5-3-11-24-12/h12-15,24H,1-11,22H2,(H2,23,28)(H,25,33)(H,26,31)(H,27,32)(H,29,30)(H,34,35). The van der Waals surface area contributed by atoms with Crippen molar-refractivity contribution in [2.75, 3.05) is 13.1 Å². The predicted molar refractivity (Wildman–Crippen MR) is 123 cm³/mol. The third kappa shape index (κ3) is 11.6. The fraction of sp³-hybridized carbons (Fsp3) is 0.714. The molecular weight excluding hydrogens is 464 g/mol. The minimum Gasteiger partial charge on any atom is -0.481 e. The van der Waals surface area contributed by atoms with Crippen molar-refractivity contribution in [3.05, 3.63) is 0 Å². The van der Waals surface area contributed by atoms with Crippen LogP contribution in [-0.4, -0.2) is 83.0 Å². The van der Waals surface area contributed by atoms with Crippen LogP contribution in [0, 0.1) is 0 Å². The second-order valence-electron chi connectivity index (χ2n) is 8.39. The summed E-state index contributed by atoms with van der Waals surface area (Å²) in [6, 6.07) is -4.28. The van der Waals surface area contributed by atoms with Gasteiger partial charge in [-0.2, -0.15) is 0 Å². The van der Waals surface area contributed by atoms with Crippen LogP contribution in [0.25, 0.3) is 0 Å². The van der Waals surface area contributed by atoms with E-state index in [9.17, 15) is 33.9 Å². The van der Waals surface area contributed by atoms with Crippen molar-refractivity contribution in [3.8, 4) is 0 Å². The molecule has 0 saturated carbocycles. The highest BCUT2D eigenvalue weighted by Gasteiger charge is 2.31. The zero-order valence-corrected chi connectivity index (χ0v) is 19.6. The molecule has 0 bridgehead atoms. The van der Waals surface area contributed by atoms with Crippen LogP contribution in [0.4, 0.5) is 0 Å². The first-order chi connectivity index (χ1) is 16.5. The molecular formula is C21H36N6O8. The number of carbonyl (C=O) groups excluding carboxylic acids is 4. The van der Waals surface area contributed by atoms with Crippen molar-refractivity contribution in [2.45, 2.75) is 82.0 Å². The topological polar surface area (TPSA) is 243 Å². The summed E-state index contributed by atoms with van der Waals surface area (Å²) in [7, 11) is 0. The van der Waals surface area contributed by atoms with Gasteiger partial charge in [0.25, 0.3) is 0 Å². The van der Waals surface area contributed by atoms with E-state index in [1.165, 1.54) is 0 Å². The molecule has 198 valence electrons. The van der Waals surface area contributed by atoms with Gasteiger partial charge in [0.15, 0.2) is 0 Å². The van der Waals surface area contributed by atoms with Crippen LogP contribution in [0.15, 0.2) is 0 Å². The first-order valence-corrected chi connectivity index (χ1v) is 11.6. The number of hydrogen-bond acceptors (Lipinski definition) is 8. The van der Waals surface area contributed by atoms with E-state index in [0.717, 1.165) is 6.42 Å². The zero-order chi connectivity index (χ0) is 26.4. The molecule has 0 aliphatic carbocycles. The molecule has 0 spiro atoms. The van der Waals surface area contributed by atoms with E-state index < -0.39 is 66.2 Å². The molecule has 1 aliphatic rings. The van der Waals surface area contributed by atoms with E-state index in [4.69, 9.17) is 16.6 Å². The quantitative estimate of drug-likeness (QED) is 0.0978. The number of nitrogens with two attached hydrogens (primary N) is 2. The molecule has 4 unspecified atom stereocenters. The third-order valence-electron chi connectivity index (χ3n) is 5.53. The first-order valence-electron chi connectivity index (χ1n) is 11.6. The first kappa shape index (κ1) is 29.8. The van der Waals surface area contributed by atoms with Gasteiger partial charge in [-0.1, -0.05) is 0 Å². The molecule has 1 rings (SSSR count). The molecule has 4 amide bonds. The molecule has 0 radical (unpaired) electrons. The van der Waals surface area contributed by atoms with Crippen LogP contribution in [-0.2, 0) is 28.8 Å². The lowest BCUT2D eigenvalue weighted by Gasteiger charge is -2.25. The van der Waals surface area contributed by atoms with Crippen molar-refractivity contribution in [3.63, 3.8) is 0 Å². The van der Waals surface area contributed by atoms with Gasteiger partial charge >= 0.3 is 11.9 Å². The summed E-state index contributed by atoms with van der Waals surface area (Å²) < 4.78 is 0. The Labute approximate surface area is 202 Å². The van der Waals surface area contributed by atoms with Crippen molar-refractivity contribution in [1.29, 1.82) is 0 Å². The molecule has 1 heterocycles. The summed E-state index contributed by atoms with van der Waals surface area (Å²) in [6.45, 7) is 0.984. The zero-order valence-electron chi connectivity index (χ0n) is 19.6. The van der Waals surface area contributed by atoms with Gasteiger partial charge in [0.1, 0.15) is 18.1 Å². The number of carboxylic acid groups (broad SMARTS) is 2. The predicted octanol–water partition coefficient (Wildman–Crippen LogP) is -2.46. The van der Waals surface area contributed by atoms with Crippen molar-refractivity contribution in [1.82, 2.24) is 21.3 Å². The fourth-order valence-corrected chi connectivity index (χ4v) is 3.57. The highest BCUT2D eigenvalue weighted by Crippen LogP contribution is 2.09. The van der Waals surface area contributed by atoms with Crippen molar-refractivity contribution in [2.24, 2.45) is 11.5 Å². The number of hydrogen-bond donors (Lipinski definition) is 8. The van der Waals surface area contributed by atoms with Crippen LogP contribution in [0.3, 0.4) is 0 Å². The lowest BCUT2D eigenvalue weighted by atomic mass is 10.0. The Morgan fingerprint density at radius 1 is 0.857 bits per heavy atom. The molecule has 35 heavy (non-hydrogen) atoms. The number of primary amides is 1. The number of unbranched alkanes of at least 4 members (excludes halogenated alkanes) is 1. The van der Waals surface area contributed by atoms with Gasteiger partial charge < -0.3 is 42.9 Å². The van der Waals surface area contributed by atoms with E-state index in [0.29, 0.717) is 32.4 Å². The number of nitrogens with one attached hydrogen (secondary N) is 4. The van der Waals surface area contributed by atoms with Crippen LogP contribution in [0.2, 0.25) is 0 Å². The minimum atomic E-state index is -1.40. The molecule has 14 nitrogen and oxygen atoms in total. The normalized spacial score (nSPS) is 17.6. The monoisotopic (exact) mass is 500 g/mol. The molecule has 0 aromatic heterocycles. The van der Waals surface area contributed by atoms with Crippen LogP contribution >= 0.6 is 0 Å². The molecule has 14 heteroatoms. The largest absolute Gasteiger partial charge is 0.481 e. The van der Waals surface area contributed by atoms with Crippen molar-refractivity contribution >= 4 is 35.6 Å². The van der Waals surface area contributed by atoms with Crippen LogP contribution in [0.1, 0.15) is 57.8 Å². The summed E-state index contributed by atoms with van der Waals surface area (Å²) >= 11 is 0. The highest BCUT2D eigenvalue weighted by atomic mass is 16.4. The Morgan fingerprint density at radius 2 is 1.46 bits per heavy atom. The number of amides is 4. The van der Waals surface area contributed by atoms with E-state index in [2.05, 4.69) is 21.3 Å². The van der Waals surface area contributed by atoms with Crippen LogP contribution < -0.4 is 32.7 Å². The summed E-state index contributed by atoms with van der Waals surface area (Å²) in [5, 5.41) is 28.7. The average Bonchev–Trinajstić information content (AvgIpc) is 3.33. The number of rotatable bonds is 17. The Morgan fingerprint density at radius 3 is 1.97 bits per heavy atom. The summed E-state index contributed by atoms with van der Waals surface area (Å²) in [6.07, 6.45) is 1.37. The maximum absolute atomic E-state index is 13.0. The molecule has 1 saturated heterocycles. The van der Waals surface area contributed by atoms with Gasteiger partial charge in [0, 0.05) is 12.8 Å². The number of carbonyl (C=O) groups is 6. The highest BCUT2D eigenvalue weighted by molar-refractivity contribution is 5.94. The average molecular weight is 501 g/mol. The van der Waals surface area contributed by atoms with Gasteiger partial charge in [-0.15, -0.1) is 0 Å². The molecule has 0 aromatic rings. The maximum Gasteiger partial charge on any atom is 0.326 e. The van der Waals surface area contributed by atoms with Gasteiger partial charge in [-0.3, -0.25) is 24.0 Å². The molecule has 4 atom stereocenters. The van der Waals surface area contributed by atoms with E-state index >= 15 is 0 Å². The maximum atomic E-state index is 13.0. The molecule has 0 aromatic carbocycles. The second kappa shape index (κ2) is 15.6. The van der Waals surface area contributed by atoms with Crippen LogP contribution in [0.5, 0.6) is 0 Å². The van der Waals surface area contributed by atoms with E-state index in [1.54, 1.807) is 0 Å². The molecule has 10 N–H and O–H groups in total. The Kier molecular flexibility index (Phi) is 13.3. The summed E-state index contributed by atoms with van der Waals surface area (Å²) in [5.41, 5.74) is 10.5. The minimum absolute atomic E-state index is 0.126. The third-order valence-corrected chi connectivity index (χ3v) is 5.53. The smallest absolute Gasteiger partial charge is 0.326 e. The van der Waals surface area contributed by atoms with Gasteiger partial charge in [0.2, 0.25) is 23.6 Å². The number of aliphatic carboxylic acids is 2. The lowest BCUT2D eigenvalue weighted by molar-refractivity contribution is -0.142. The molecule has 1 aliphatic heterocycles. The van der Waals surface area contributed by atoms with E-state index in [-0.39, 0.29) is 25.7 Å². The second-order valence-corrected chi connectivity index (χ2v) is 8.39. The fourth-order valence-electron chi connectivity index (χ4n) is 3.57. The van der Waals surface area contributed by atoms with E-state index in [1.807, 2.05) is 0 Å². The summed E-state index contributed by atoms with van der Waals surface area (Å²) in [4.78, 5) is 71.8. The number of carboxylic acids is 2. The Hall–Kier alpha value is -3.26. The van der Waals surface area contributed by atoms with Gasteiger partial charge in [-0.25, -0.2) is 4.79 Å². The van der Waals surface area contributed by atoms with Crippen molar-refractivity contribution < 1.29 is 39.0 Å². The lowest BCUT2D eigenvalue weighted by Crippen LogP contribution is -2.57. The van der Waals surface area contributed by atoms with Gasteiger partial charge in [-0.05, 0) is 58.0 Å². The Bertz CT molecular complexity index is 771. The summed E-state index contributed by atoms with van der Waals surface area (Å²) in [5.74, 6) is -5.28. The molecule has 1 fully saturated rings. The SMILES string of the molecule is NCCCCC(NC(=O)C(CCC(=O)O)NC(=O)C1CCCN1)C(=O)NC(CCC(N)=O)C(=O)O.